The molecular formula is C31H40N4O4. The number of piperidine rings is 1. The molecule has 0 spiro atoms. The monoisotopic (exact) mass is 532 g/mol. The van der Waals surface area contributed by atoms with Crippen LogP contribution in [0.25, 0.3) is 22.0 Å². The highest BCUT2D eigenvalue weighted by molar-refractivity contribution is 5.96. The Kier molecular flexibility index (Phi) is 9.41. The number of fused-ring (bicyclic) bond motifs is 1. The van der Waals surface area contributed by atoms with Gasteiger partial charge < -0.3 is 20.1 Å². The molecule has 1 aliphatic heterocycles. The predicted molar refractivity (Wildman–Crippen MR) is 156 cm³/mol. The van der Waals surface area contributed by atoms with Crippen molar-refractivity contribution in [2.45, 2.75) is 77.4 Å². The molecule has 208 valence electrons. The number of amidine groups is 1. The van der Waals surface area contributed by atoms with E-state index in [4.69, 9.17) is 21.0 Å². The minimum absolute atomic E-state index is 0.0431. The van der Waals surface area contributed by atoms with Crippen LogP contribution in [-0.4, -0.2) is 51.6 Å². The number of nitrogens with zero attached hydrogens (tertiary/aromatic N) is 2. The van der Waals surface area contributed by atoms with Crippen molar-refractivity contribution in [2.75, 3.05) is 13.2 Å². The van der Waals surface area contributed by atoms with E-state index in [9.17, 15) is 9.59 Å². The van der Waals surface area contributed by atoms with Crippen molar-refractivity contribution >= 4 is 22.7 Å². The maximum atomic E-state index is 13.8. The van der Waals surface area contributed by atoms with E-state index < -0.39 is 5.97 Å². The molecule has 4 N–H and O–H groups in total. The first-order valence-corrected chi connectivity index (χ1v) is 14.0. The van der Waals surface area contributed by atoms with Crippen LogP contribution in [0.15, 0.2) is 53.3 Å². The van der Waals surface area contributed by atoms with Gasteiger partial charge in [0.1, 0.15) is 11.6 Å². The third-order valence-corrected chi connectivity index (χ3v) is 7.81. The third-order valence-electron chi connectivity index (χ3n) is 7.81. The minimum Gasteiger partial charge on any atom is -0.493 e. The zero-order valence-corrected chi connectivity index (χ0v) is 23.0. The molecule has 1 aromatic heterocycles. The Morgan fingerprint density at radius 2 is 1.79 bits per heavy atom. The van der Waals surface area contributed by atoms with E-state index in [-0.39, 0.29) is 24.4 Å². The van der Waals surface area contributed by atoms with E-state index in [1.165, 1.54) is 19.3 Å². The number of carbonyl (C=O) groups is 1. The summed E-state index contributed by atoms with van der Waals surface area (Å²) >= 11 is 0. The first-order chi connectivity index (χ1) is 18.7. The molecule has 1 aliphatic rings. The average molecular weight is 533 g/mol. The Balaban J connectivity index is 1.59. The minimum atomic E-state index is -0.918. The molecule has 2 atom stereocenters. The number of hydrogen-bond acceptors (Lipinski definition) is 5. The Morgan fingerprint density at radius 1 is 1.05 bits per heavy atom. The molecule has 0 saturated carbocycles. The Hall–Kier alpha value is -3.65. The van der Waals surface area contributed by atoms with Crippen LogP contribution in [0.5, 0.6) is 5.75 Å². The summed E-state index contributed by atoms with van der Waals surface area (Å²) < 4.78 is 7.47. The van der Waals surface area contributed by atoms with Crippen molar-refractivity contribution in [1.29, 1.82) is 5.41 Å². The van der Waals surface area contributed by atoms with Gasteiger partial charge in [-0.1, -0.05) is 31.0 Å². The fourth-order valence-electron chi connectivity index (χ4n) is 5.64. The summed E-state index contributed by atoms with van der Waals surface area (Å²) in [4.78, 5) is 27.3. The lowest BCUT2D eigenvalue weighted by atomic mass is 9.97. The van der Waals surface area contributed by atoms with Crippen molar-refractivity contribution in [3.63, 3.8) is 0 Å². The molecule has 39 heavy (non-hydrogen) atoms. The molecule has 2 unspecified atom stereocenters. The van der Waals surface area contributed by atoms with E-state index in [0.717, 1.165) is 42.3 Å². The van der Waals surface area contributed by atoms with Crippen LogP contribution in [0.3, 0.4) is 0 Å². The molecule has 4 rings (SSSR count). The smallest absolute Gasteiger partial charge is 0.306 e. The first kappa shape index (κ1) is 28.4. The van der Waals surface area contributed by atoms with Crippen molar-refractivity contribution in [3.8, 4) is 16.9 Å². The highest BCUT2D eigenvalue weighted by Crippen LogP contribution is 2.26. The zero-order valence-electron chi connectivity index (χ0n) is 23.0. The van der Waals surface area contributed by atoms with E-state index in [1.54, 1.807) is 22.8 Å². The maximum absolute atomic E-state index is 13.8. The quantitative estimate of drug-likeness (QED) is 0.167. The van der Waals surface area contributed by atoms with Gasteiger partial charge in [-0.05, 0) is 81.3 Å². The van der Waals surface area contributed by atoms with Crippen LogP contribution < -0.4 is 16.0 Å². The molecule has 0 radical (unpaired) electrons. The number of rotatable bonds is 12. The summed E-state index contributed by atoms with van der Waals surface area (Å²) in [5, 5.41) is 17.6. The number of nitrogens with two attached hydrogens (primary N) is 1. The highest BCUT2D eigenvalue weighted by Gasteiger charge is 2.23. The van der Waals surface area contributed by atoms with Gasteiger partial charge in [-0.3, -0.25) is 19.9 Å². The van der Waals surface area contributed by atoms with Gasteiger partial charge in [0.15, 0.2) is 0 Å². The lowest BCUT2D eigenvalue weighted by molar-refractivity contribution is -0.137. The van der Waals surface area contributed by atoms with Gasteiger partial charge in [-0.2, -0.15) is 0 Å². The molecule has 1 saturated heterocycles. The van der Waals surface area contributed by atoms with Crippen LogP contribution in [0.1, 0.15) is 64.4 Å². The van der Waals surface area contributed by atoms with Crippen LogP contribution in [-0.2, 0) is 11.3 Å². The second-order valence-corrected chi connectivity index (χ2v) is 10.6. The molecule has 0 amide bonds. The van der Waals surface area contributed by atoms with Gasteiger partial charge in [0, 0.05) is 35.8 Å². The highest BCUT2D eigenvalue weighted by atomic mass is 16.5. The molecule has 8 nitrogen and oxygen atoms in total. The molecule has 2 aromatic carbocycles. The summed E-state index contributed by atoms with van der Waals surface area (Å²) in [6.45, 7) is 6.36. The van der Waals surface area contributed by atoms with Gasteiger partial charge in [0.25, 0.3) is 5.56 Å². The number of carboxylic acid groups (broad SMARTS) is 1. The normalized spacial score (nSPS) is 17.8. The molecule has 8 heteroatoms. The summed E-state index contributed by atoms with van der Waals surface area (Å²) in [5.74, 6) is -0.423. The third kappa shape index (κ3) is 7.06. The number of pyridine rings is 1. The van der Waals surface area contributed by atoms with E-state index in [0.29, 0.717) is 35.5 Å². The van der Waals surface area contributed by atoms with Gasteiger partial charge in [-0.25, -0.2) is 0 Å². The second-order valence-electron chi connectivity index (χ2n) is 10.6. The first-order valence-electron chi connectivity index (χ1n) is 14.0. The van der Waals surface area contributed by atoms with E-state index in [2.05, 4.69) is 18.7 Å². The Labute approximate surface area is 229 Å². The average Bonchev–Trinajstić information content (AvgIpc) is 2.90. The number of aromatic nitrogens is 1. The number of hydrogen-bond donors (Lipinski definition) is 3. The van der Waals surface area contributed by atoms with Crippen molar-refractivity contribution in [3.05, 3.63) is 64.4 Å². The van der Waals surface area contributed by atoms with E-state index in [1.807, 2.05) is 30.3 Å². The van der Waals surface area contributed by atoms with Crippen LogP contribution >= 0.6 is 0 Å². The SMILES string of the molecule is CC1CCCC(C)N1CCCCCn1c(=O)c(-c2cccc(C(=N)N)c2)cc2ccc(OCCC(=O)O)cc21. The molecule has 0 aliphatic carbocycles. The van der Waals surface area contributed by atoms with Crippen LogP contribution in [0, 0.1) is 5.41 Å². The Bertz CT molecular complexity index is 1370. The number of aryl methyl sites for hydroxylation is 1. The number of nitrogen functional groups attached to an aromatic ring is 1. The summed E-state index contributed by atoms with van der Waals surface area (Å²) in [6, 6.07) is 15.9. The van der Waals surface area contributed by atoms with Crippen molar-refractivity contribution in [1.82, 2.24) is 9.47 Å². The number of unbranched alkanes of at least 4 members (excludes halogenated alkanes) is 2. The number of aliphatic carboxylic acids is 1. The molecule has 0 bridgehead atoms. The van der Waals surface area contributed by atoms with Gasteiger partial charge in [-0.15, -0.1) is 0 Å². The lowest BCUT2D eigenvalue weighted by Gasteiger charge is -2.39. The summed E-state index contributed by atoms with van der Waals surface area (Å²) in [7, 11) is 0. The predicted octanol–water partition coefficient (Wildman–Crippen LogP) is 5.24. The summed E-state index contributed by atoms with van der Waals surface area (Å²) in [5.41, 5.74) is 8.21. The van der Waals surface area contributed by atoms with Crippen LogP contribution in [0.2, 0.25) is 0 Å². The lowest BCUT2D eigenvalue weighted by Crippen LogP contribution is -2.44. The number of ether oxygens (including phenoxy) is 1. The zero-order chi connectivity index (χ0) is 27.9. The van der Waals surface area contributed by atoms with Crippen molar-refractivity contribution in [2.24, 2.45) is 5.73 Å². The number of likely N-dealkylation sites (tertiary alicyclic amines) is 1. The maximum Gasteiger partial charge on any atom is 0.306 e. The van der Waals surface area contributed by atoms with Gasteiger partial charge in [0.2, 0.25) is 0 Å². The molecule has 1 fully saturated rings. The number of benzene rings is 2. The van der Waals surface area contributed by atoms with Gasteiger partial charge >= 0.3 is 5.97 Å². The van der Waals surface area contributed by atoms with Crippen molar-refractivity contribution < 1.29 is 14.6 Å². The second kappa shape index (κ2) is 12.9. The molecule has 2 heterocycles. The standard InChI is InChI=1S/C31H40N4O4/c1-21-8-6-9-22(2)34(21)15-4-3-5-16-35-28-20-26(39-17-14-29(36)37)13-12-24(28)19-27(31(35)38)23-10-7-11-25(18-23)30(32)33/h7,10-13,18-22H,3-6,8-9,14-17H2,1-2H3,(H3,32,33)(H,36,37). The van der Waals surface area contributed by atoms with E-state index >= 15 is 0 Å². The van der Waals surface area contributed by atoms with Crippen LogP contribution in [0.4, 0.5) is 0 Å². The fraction of sp³-hybridized carbons (Fsp3) is 0.452. The topological polar surface area (TPSA) is 122 Å². The largest absolute Gasteiger partial charge is 0.493 e. The molecule has 3 aromatic rings. The fourth-order valence-corrected chi connectivity index (χ4v) is 5.64. The Morgan fingerprint density at radius 3 is 2.51 bits per heavy atom. The molecular weight excluding hydrogens is 492 g/mol. The number of nitrogens with one attached hydrogen (secondary N) is 1. The summed E-state index contributed by atoms with van der Waals surface area (Å²) in [6.07, 6.45) is 6.72. The van der Waals surface area contributed by atoms with Gasteiger partial charge in [0.05, 0.1) is 18.5 Å². The number of carboxylic acids is 1.